The first-order chi connectivity index (χ1) is 16.0. The number of aliphatic hydroxyl groups is 3. The van der Waals surface area contributed by atoms with E-state index in [1.165, 1.54) is 31.2 Å². The molecule has 3 saturated carbocycles. The van der Waals surface area contributed by atoms with E-state index in [4.69, 9.17) is 0 Å². The fourth-order valence-corrected chi connectivity index (χ4v) is 7.27. The summed E-state index contributed by atoms with van der Waals surface area (Å²) in [4.78, 5) is 0. The topological polar surface area (TPSA) is 60.7 Å². The monoisotopic (exact) mass is 464 g/mol. The van der Waals surface area contributed by atoms with Crippen molar-refractivity contribution in [3.05, 3.63) is 70.8 Å². The Labute approximate surface area is 206 Å². The van der Waals surface area contributed by atoms with E-state index < -0.39 is 17.8 Å². The predicted octanol–water partition coefficient (Wildman–Crippen LogP) is 6.23. The maximum atomic E-state index is 10.4. The van der Waals surface area contributed by atoms with Gasteiger partial charge in [0.15, 0.2) is 0 Å². The predicted molar refractivity (Wildman–Crippen MR) is 139 cm³/mol. The van der Waals surface area contributed by atoms with Crippen molar-refractivity contribution >= 4 is 0 Å². The minimum Gasteiger partial charge on any atom is -0.393 e. The van der Waals surface area contributed by atoms with E-state index in [0.29, 0.717) is 36.0 Å². The molecular weight excluding hydrogens is 420 g/mol. The number of hydrogen-bond acceptors (Lipinski definition) is 3. The lowest BCUT2D eigenvalue weighted by atomic mass is 9.60. The second-order valence-corrected chi connectivity index (χ2v) is 12.1. The quantitative estimate of drug-likeness (QED) is 0.484. The summed E-state index contributed by atoms with van der Waals surface area (Å²) in [5.41, 5.74) is 5.14. The number of benzene rings is 1. The molecule has 0 unspecified atom stereocenters. The Morgan fingerprint density at radius 1 is 1.21 bits per heavy atom. The van der Waals surface area contributed by atoms with Crippen LogP contribution in [-0.4, -0.2) is 27.5 Å². The van der Waals surface area contributed by atoms with Crippen LogP contribution >= 0.6 is 0 Å². The molecule has 3 N–H and O–H groups in total. The third-order valence-electron chi connectivity index (χ3n) is 9.18. The molecule has 0 aromatic heterocycles. The van der Waals surface area contributed by atoms with Gasteiger partial charge in [0.25, 0.3) is 0 Å². The highest BCUT2D eigenvalue weighted by atomic mass is 16.3. The highest BCUT2D eigenvalue weighted by Gasteiger charge is 2.50. The van der Waals surface area contributed by atoms with Crippen LogP contribution in [0.1, 0.15) is 83.8 Å². The Hall–Kier alpha value is -1.68. The van der Waals surface area contributed by atoms with Crippen molar-refractivity contribution in [2.75, 3.05) is 0 Å². The van der Waals surface area contributed by atoms with Crippen molar-refractivity contribution in [1.82, 2.24) is 0 Å². The van der Waals surface area contributed by atoms with Crippen LogP contribution in [0.5, 0.6) is 0 Å². The Bertz CT molecular complexity index is 965. The Kier molecular flexibility index (Phi) is 7.29. The fourth-order valence-electron chi connectivity index (χ4n) is 7.27. The third kappa shape index (κ3) is 5.12. The molecule has 1 aromatic carbocycles. The molecule has 0 bridgehead atoms. The maximum Gasteiger partial charge on any atom is 0.0840 e. The molecule has 0 heterocycles. The molecule has 0 spiro atoms. The normalized spacial score (nSPS) is 35.6. The summed E-state index contributed by atoms with van der Waals surface area (Å²) < 4.78 is 0. The van der Waals surface area contributed by atoms with Crippen LogP contribution in [-0.2, 0) is 12.0 Å². The van der Waals surface area contributed by atoms with Crippen molar-refractivity contribution in [1.29, 1.82) is 0 Å². The van der Waals surface area contributed by atoms with Gasteiger partial charge in [-0.25, -0.2) is 0 Å². The highest BCUT2D eigenvalue weighted by molar-refractivity contribution is 5.38. The summed E-state index contributed by atoms with van der Waals surface area (Å²) in [5.74, 6) is 1.89. The van der Waals surface area contributed by atoms with Gasteiger partial charge in [0, 0.05) is 6.42 Å². The summed E-state index contributed by atoms with van der Waals surface area (Å²) in [6, 6.07) is 8.49. The van der Waals surface area contributed by atoms with Crippen molar-refractivity contribution in [3.8, 4) is 0 Å². The van der Waals surface area contributed by atoms with E-state index in [2.05, 4.69) is 50.8 Å². The molecule has 6 atom stereocenters. The molecule has 0 amide bonds. The molecule has 34 heavy (non-hydrogen) atoms. The maximum absolute atomic E-state index is 10.4. The van der Waals surface area contributed by atoms with E-state index in [-0.39, 0.29) is 0 Å². The van der Waals surface area contributed by atoms with Gasteiger partial charge in [-0.2, -0.15) is 0 Å². The van der Waals surface area contributed by atoms with Crippen molar-refractivity contribution in [2.24, 2.45) is 23.2 Å². The lowest BCUT2D eigenvalue weighted by molar-refractivity contribution is 0.0782. The molecule has 186 valence electrons. The van der Waals surface area contributed by atoms with E-state index in [0.717, 1.165) is 29.6 Å². The standard InChI is InChI=1S/C31H44O3/c1-20(16-22-8-6-10-25(17-22)30(3,4)34)27-13-14-28-23(9-7-15-31(27,28)5)11-12-24-18-26(32)19-29(33)21(24)2/h6,8,10-12,17,20,26-29,32-34H,2,7,9,13-16,18-19H2,1,3-5H3/b23-11+,24-12-/t20-,26-,27-,28+,29+,31-/m1/s1. The molecule has 1 aromatic rings. The average Bonchev–Trinajstić information content (AvgIpc) is 3.12. The largest absolute Gasteiger partial charge is 0.393 e. The fraction of sp³-hybridized carbons (Fsp3) is 0.613. The zero-order valence-electron chi connectivity index (χ0n) is 21.6. The minimum atomic E-state index is -0.809. The molecule has 0 aliphatic heterocycles. The molecule has 3 heteroatoms. The lowest BCUT2D eigenvalue weighted by Crippen LogP contribution is -2.36. The van der Waals surface area contributed by atoms with Gasteiger partial charge in [-0.3, -0.25) is 0 Å². The highest BCUT2D eigenvalue weighted by Crippen LogP contribution is 2.59. The number of aliphatic hydroxyl groups excluding tert-OH is 2. The summed E-state index contributed by atoms with van der Waals surface area (Å²) in [6.07, 6.45) is 11.5. The van der Waals surface area contributed by atoms with Crippen molar-refractivity contribution in [3.63, 3.8) is 0 Å². The SMILES string of the molecule is C=C1/C(=C\C=C2/CCC[C@]3(C)[C@@H]([C@H](C)Cc4cccc(C(C)(C)O)c4)CC[C@@H]23)C[C@@H](O)C[C@@H]1O. The number of rotatable bonds is 5. The first kappa shape index (κ1) is 25.4. The summed E-state index contributed by atoms with van der Waals surface area (Å²) >= 11 is 0. The lowest BCUT2D eigenvalue weighted by Gasteiger charge is -2.44. The second-order valence-electron chi connectivity index (χ2n) is 12.1. The number of hydrogen-bond donors (Lipinski definition) is 3. The molecule has 4 rings (SSSR count). The van der Waals surface area contributed by atoms with Crippen LogP contribution in [0.2, 0.25) is 0 Å². The zero-order chi connectivity index (χ0) is 24.7. The van der Waals surface area contributed by atoms with Crippen LogP contribution in [0.4, 0.5) is 0 Å². The third-order valence-corrected chi connectivity index (χ3v) is 9.18. The minimum absolute atomic E-state index is 0.318. The molecule has 3 aliphatic rings. The van der Waals surface area contributed by atoms with Crippen molar-refractivity contribution in [2.45, 2.75) is 96.9 Å². The number of allylic oxidation sites excluding steroid dienone is 3. The summed E-state index contributed by atoms with van der Waals surface area (Å²) in [6.45, 7) is 12.7. The molecular formula is C31H44O3. The van der Waals surface area contributed by atoms with Gasteiger partial charge < -0.3 is 15.3 Å². The Morgan fingerprint density at radius 3 is 2.71 bits per heavy atom. The summed E-state index contributed by atoms with van der Waals surface area (Å²) in [5, 5.41) is 30.7. The first-order valence-electron chi connectivity index (χ1n) is 13.3. The molecule has 0 saturated heterocycles. The van der Waals surface area contributed by atoms with E-state index >= 15 is 0 Å². The van der Waals surface area contributed by atoms with Gasteiger partial charge in [0.1, 0.15) is 0 Å². The van der Waals surface area contributed by atoms with Crippen molar-refractivity contribution < 1.29 is 15.3 Å². The molecule has 3 fully saturated rings. The van der Waals surface area contributed by atoms with Gasteiger partial charge in [-0.15, -0.1) is 0 Å². The smallest absolute Gasteiger partial charge is 0.0840 e. The average molecular weight is 465 g/mol. The van der Waals surface area contributed by atoms with Gasteiger partial charge in [0.2, 0.25) is 0 Å². The Morgan fingerprint density at radius 2 is 1.97 bits per heavy atom. The second kappa shape index (κ2) is 9.76. The summed E-state index contributed by atoms with van der Waals surface area (Å²) in [7, 11) is 0. The van der Waals surface area contributed by atoms with Crippen LogP contribution in [0.25, 0.3) is 0 Å². The number of fused-ring (bicyclic) bond motifs is 1. The Balaban J connectivity index is 1.51. The van der Waals surface area contributed by atoms with Gasteiger partial charge in [0.05, 0.1) is 17.8 Å². The van der Waals surface area contributed by atoms with Gasteiger partial charge in [-0.1, -0.05) is 62.4 Å². The van der Waals surface area contributed by atoms with Gasteiger partial charge >= 0.3 is 0 Å². The molecule has 3 aliphatic carbocycles. The molecule has 0 radical (unpaired) electrons. The van der Waals surface area contributed by atoms with E-state index in [9.17, 15) is 15.3 Å². The van der Waals surface area contributed by atoms with Crippen LogP contribution < -0.4 is 0 Å². The first-order valence-corrected chi connectivity index (χ1v) is 13.3. The zero-order valence-corrected chi connectivity index (χ0v) is 21.6. The molecule has 3 nitrogen and oxygen atoms in total. The van der Waals surface area contributed by atoms with Gasteiger partial charge in [-0.05, 0) is 104 Å². The van der Waals surface area contributed by atoms with Crippen LogP contribution in [0, 0.1) is 23.2 Å². The van der Waals surface area contributed by atoms with Crippen LogP contribution in [0.3, 0.4) is 0 Å². The van der Waals surface area contributed by atoms with E-state index in [1.54, 1.807) is 5.57 Å². The van der Waals surface area contributed by atoms with Crippen LogP contribution in [0.15, 0.2) is 59.7 Å². The van der Waals surface area contributed by atoms with E-state index in [1.807, 2.05) is 19.9 Å².